The van der Waals surface area contributed by atoms with Gasteiger partial charge in [0.25, 0.3) is 0 Å². The summed E-state index contributed by atoms with van der Waals surface area (Å²) in [4.78, 5) is 24.3. The first-order valence-corrected chi connectivity index (χ1v) is 11.7. The number of carbonyl (C=O) groups excluding carboxylic acids is 1. The lowest BCUT2D eigenvalue weighted by atomic mass is 9.94. The van der Waals surface area contributed by atoms with Crippen LogP contribution in [0.1, 0.15) is 55.1 Å². The third kappa shape index (κ3) is 5.17. The third-order valence-corrected chi connectivity index (χ3v) is 6.32. The Balaban J connectivity index is 1.47. The topological polar surface area (TPSA) is 77.8 Å². The van der Waals surface area contributed by atoms with Crippen LogP contribution in [-0.2, 0) is 18.3 Å². The number of ketones is 1. The molecule has 2 aromatic carbocycles. The fourth-order valence-electron chi connectivity index (χ4n) is 4.54. The van der Waals surface area contributed by atoms with Crippen LogP contribution >= 0.6 is 11.6 Å². The number of benzene rings is 2. The number of carboxylic acids is 1. The van der Waals surface area contributed by atoms with E-state index in [-0.39, 0.29) is 30.8 Å². The zero-order chi connectivity index (χ0) is 23.5. The van der Waals surface area contributed by atoms with E-state index in [4.69, 9.17) is 26.2 Å². The Kier molecular flexibility index (Phi) is 6.94. The molecule has 4 rings (SSSR count). The van der Waals surface area contributed by atoms with Crippen LogP contribution in [0.4, 0.5) is 0 Å². The van der Waals surface area contributed by atoms with E-state index in [1.165, 1.54) is 0 Å². The van der Waals surface area contributed by atoms with Crippen molar-refractivity contribution in [1.82, 2.24) is 4.57 Å². The summed E-state index contributed by atoms with van der Waals surface area (Å²) in [6.07, 6.45) is 3.09. The molecule has 0 aliphatic carbocycles. The van der Waals surface area contributed by atoms with Gasteiger partial charge in [0.1, 0.15) is 0 Å². The highest BCUT2D eigenvalue weighted by Crippen LogP contribution is 2.36. The van der Waals surface area contributed by atoms with Crippen LogP contribution in [-0.4, -0.2) is 27.7 Å². The zero-order valence-electron chi connectivity index (χ0n) is 18.8. The van der Waals surface area contributed by atoms with E-state index in [0.717, 1.165) is 53.8 Å². The number of aryl methyl sites for hydroxylation is 1. The van der Waals surface area contributed by atoms with E-state index in [0.29, 0.717) is 10.6 Å². The van der Waals surface area contributed by atoms with E-state index in [1.807, 2.05) is 49.5 Å². The molecular weight excluding hydrogens is 442 g/mol. The first-order valence-electron chi connectivity index (χ1n) is 11.3. The molecule has 174 valence electrons. The molecule has 1 atom stereocenters. The second-order valence-electron chi connectivity index (χ2n) is 8.73. The molecule has 0 unspecified atom stereocenters. The van der Waals surface area contributed by atoms with E-state index in [2.05, 4.69) is 4.57 Å². The molecule has 1 aliphatic rings. The average Bonchev–Trinajstić information content (AvgIpc) is 3.28. The lowest BCUT2D eigenvalue weighted by molar-refractivity contribution is -0.137. The summed E-state index contributed by atoms with van der Waals surface area (Å²) in [5.74, 6) is 0.378. The van der Waals surface area contributed by atoms with Crippen molar-refractivity contribution in [3.63, 3.8) is 0 Å². The molecular formula is C26H28ClNO5. The van der Waals surface area contributed by atoms with Crippen LogP contribution in [0.2, 0.25) is 5.02 Å². The number of nitrogens with zero attached hydrogens (tertiary/aromatic N) is 1. The predicted molar refractivity (Wildman–Crippen MR) is 127 cm³/mol. The van der Waals surface area contributed by atoms with Gasteiger partial charge in [-0.05, 0) is 55.5 Å². The Morgan fingerprint density at radius 1 is 1.09 bits per heavy atom. The number of fused-ring (bicyclic) bond motifs is 2. The summed E-state index contributed by atoms with van der Waals surface area (Å²) in [6.45, 7) is 1.80. The highest BCUT2D eigenvalue weighted by molar-refractivity contribution is 6.31. The molecule has 0 bridgehead atoms. The quantitative estimate of drug-likeness (QED) is 0.290. The number of aromatic nitrogens is 1. The molecule has 1 aliphatic heterocycles. The Morgan fingerprint density at radius 3 is 2.45 bits per heavy atom. The van der Waals surface area contributed by atoms with Gasteiger partial charge >= 0.3 is 5.97 Å². The number of carboxylic acid groups (broad SMARTS) is 1. The van der Waals surface area contributed by atoms with Crippen molar-refractivity contribution in [3.8, 4) is 11.5 Å². The lowest BCUT2D eigenvalue weighted by Gasteiger charge is -2.12. The Bertz CT molecular complexity index is 1160. The minimum absolute atomic E-state index is 0.0314. The maximum atomic E-state index is 13.3. The molecule has 0 spiro atoms. The number of hydrogen-bond donors (Lipinski definition) is 1. The molecule has 1 aromatic heterocycles. The van der Waals surface area contributed by atoms with Gasteiger partial charge in [-0.3, -0.25) is 9.59 Å². The second-order valence-corrected chi connectivity index (χ2v) is 9.17. The number of carbonyl (C=O) groups is 2. The SMILES string of the molecule is C[C@H](CC(=O)O)CC(=O)c1c(CCCCC2Oc3ccccc3O2)n(C)c2ccc(Cl)cc12. The highest BCUT2D eigenvalue weighted by atomic mass is 35.5. The summed E-state index contributed by atoms with van der Waals surface area (Å²) >= 11 is 6.24. The van der Waals surface area contributed by atoms with Crippen LogP contribution in [0.15, 0.2) is 42.5 Å². The molecule has 0 radical (unpaired) electrons. The van der Waals surface area contributed by atoms with Crippen molar-refractivity contribution in [2.45, 2.75) is 51.7 Å². The molecule has 0 saturated carbocycles. The molecule has 2 heterocycles. The van der Waals surface area contributed by atoms with Gasteiger partial charge in [-0.25, -0.2) is 0 Å². The maximum absolute atomic E-state index is 13.3. The molecule has 0 fully saturated rings. The van der Waals surface area contributed by atoms with Crippen molar-refractivity contribution in [3.05, 3.63) is 58.7 Å². The molecule has 0 amide bonds. The Labute approximate surface area is 198 Å². The summed E-state index contributed by atoms with van der Waals surface area (Å²) in [5, 5.41) is 10.5. The van der Waals surface area contributed by atoms with Crippen LogP contribution in [0, 0.1) is 5.92 Å². The largest absolute Gasteiger partial charge is 0.481 e. The monoisotopic (exact) mass is 469 g/mol. The minimum Gasteiger partial charge on any atom is -0.481 e. The van der Waals surface area contributed by atoms with Gasteiger partial charge in [-0.1, -0.05) is 30.7 Å². The van der Waals surface area contributed by atoms with Gasteiger partial charge < -0.3 is 19.1 Å². The minimum atomic E-state index is -0.894. The molecule has 33 heavy (non-hydrogen) atoms. The van der Waals surface area contributed by atoms with E-state index in [1.54, 1.807) is 6.92 Å². The van der Waals surface area contributed by atoms with Crippen molar-refractivity contribution in [2.24, 2.45) is 13.0 Å². The highest BCUT2D eigenvalue weighted by Gasteiger charge is 2.25. The van der Waals surface area contributed by atoms with Gasteiger partial charge in [0, 0.05) is 53.5 Å². The van der Waals surface area contributed by atoms with Gasteiger partial charge in [0.05, 0.1) is 0 Å². The van der Waals surface area contributed by atoms with Gasteiger partial charge in [0.2, 0.25) is 6.29 Å². The van der Waals surface area contributed by atoms with E-state index < -0.39 is 5.97 Å². The summed E-state index contributed by atoms with van der Waals surface area (Å²) in [6, 6.07) is 13.2. The molecule has 0 saturated heterocycles. The standard InChI is InChI=1S/C26H28ClNO5/c1-16(14-24(30)31)13-21(29)26-18-15-17(27)11-12-19(18)28(2)20(26)7-3-6-10-25-32-22-8-4-5-9-23(22)33-25/h4-5,8-9,11-12,15-16,25H,3,6-7,10,13-14H2,1-2H3,(H,30,31)/t16-/m0/s1. The fourth-order valence-corrected chi connectivity index (χ4v) is 4.71. The number of Topliss-reactive ketones (excluding diaryl/α,β-unsaturated/α-hetero) is 1. The molecule has 1 N–H and O–H groups in total. The smallest absolute Gasteiger partial charge is 0.303 e. The van der Waals surface area contributed by atoms with Crippen molar-refractivity contribution < 1.29 is 24.2 Å². The van der Waals surface area contributed by atoms with Gasteiger partial charge in [-0.15, -0.1) is 0 Å². The number of aliphatic carboxylic acids is 1. The van der Waals surface area contributed by atoms with Crippen molar-refractivity contribution in [1.29, 1.82) is 0 Å². The Morgan fingerprint density at radius 2 is 1.79 bits per heavy atom. The number of hydrogen-bond acceptors (Lipinski definition) is 4. The van der Waals surface area contributed by atoms with E-state index >= 15 is 0 Å². The number of para-hydroxylation sites is 2. The molecule has 6 nitrogen and oxygen atoms in total. The second kappa shape index (κ2) is 9.87. The summed E-state index contributed by atoms with van der Waals surface area (Å²) < 4.78 is 13.7. The third-order valence-electron chi connectivity index (χ3n) is 6.09. The zero-order valence-corrected chi connectivity index (χ0v) is 19.6. The molecule has 7 heteroatoms. The number of ether oxygens (including phenoxy) is 2. The maximum Gasteiger partial charge on any atom is 0.303 e. The van der Waals surface area contributed by atoms with Gasteiger partial charge in [0.15, 0.2) is 17.3 Å². The number of rotatable bonds is 10. The van der Waals surface area contributed by atoms with Crippen LogP contribution in [0.5, 0.6) is 11.5 Å². The normalized spacial score (nSPS) is 14.0. The lowest BCUT2D eigenvalue weighted by Crippen LogP contribution is -2.17. The summed E-state index contributed by atoms with van der Waals surface area (Å²) in [7, 11) is 1.96. The predicted octanol–water partition coefficient (Wildman–Crippen LogP) is 6.03. The van der Waals surface area contributed by atoms with Crippen LogP contribution in [0.25, 0.3) is 10.9 Å². The van der Waals surface area contributed by atoms with Crippen LogP contribution < -0.4 is 9.47 Å². The van der Waals surface area contributed by atoms with Crippen LogP contribution in [0.3, 0.4) is 0 Å². The first-order chi connectivity index (χ1) is 15.8. The van der Waals surface area contributed by atoms with Crippen molar-refractivity contribution in [2.75, 3.05) is 0 Å². The fraction of sp³-hybridized carbons (Fsp3) is 0.385. The first kappa shape index (κ1) is 23.2. The Hall–Kier alpha value is -2.99. The van der Waals surface area contributed by atoms with E-state index in [9.17, 15) is 9.59 Å². The van der Waals surface area contributed by atoms with Crippen molar-refractivity contribution >= 4 is 34.3 Å². The summed E-state index contributed by atoms with van der Waals surface area (Å²) in [5.41, 5.74) is 2.56. The average molecular weight is 470 g/mol. The number of unbranched alkanes of at least 4 members (excludes halogenated alkanes) is 1. The van der Waals surface area contributed by atoms with Gasteiger partial charge in [-0.2, -0.15) is 0 Å². The molecule has 3 aromatic rings. The number of halogens is 1.